The van der Waals surface area contributed by atoms with E-state index in [1.54, 1.807) is 46.2 Å². The van der Waals surface area contributed by atoms with Crippen molar-refractivity contribution in [2.45, 2.75) is 134 Å². The van der Waals surface area contributed by atoms with Gasteiger partial charge >= 0.3 is 6.09 Å². The Morgan fingerprint density at radius 1 is 1.00 bits per heavy atom. The fourth-order valence-corrected chi connectivity index (χ4v) is 9.88. The van der Waals surface area contributed by atoms with Crippen molar-refractivity contribution < 1.29 is 46.5 Å². The second-order valence-corrected chi connectivity index (χ2v) is 20.8. The van der Waals surface area contributed by atoms with Crippen molar-refractivity contribution in [3.8, 4) is 28.8 Å². The van der Waals surface area contributed by atoms with E-state index in [9.17, 15) is 22.8 Å². The van der Waals surface area contributed by atoms with E-state index in [0.717, 1.165) is 11.8 Å². The minimum atomic E-state index is -3.94. The number of fused-ring (bicyclic) bond motifs is 3. The Kier molecular flexibility index (Phi) is 13.0. The lowest BCUT2D eigenvalue weighted by atomic mass is 9.88. The van der Waals surface area contributed by atoms with Crippen LogP contribution in [-0.4, -0.2) is 101 Å². The van der Waals surface area contributed by atoms with Crippen LogP contribution in [0, 0.1) is 17.8 Å². The second-order valence-electron chi connectivity index (χ2n) is 18.8. The zero-order valence-corrected chi connectivity index (χ0v) is 38.1. The molecule has 63 heavy (non-hydrogen) atoms. The molecular formula is C46H60N6O10S. The van der Waals surface area contributed by atoms with E-state index in [1.807, 2.05) is 57.2 Å². The summed E-state index contributed by atoms with van der Waals surface area (Å²) in [6, 6.07) is 8.67. The van der Waals surface area contributed by atoms with Gasteiger partial charge in [-0.25, -0.2) is 18.2 Å². The fourth-order valence-electron chi connectivity index (χ4n) is 8.52. The average molecular weight is 889 g/mol. The van der Waals surface area contributed by atoms with Crippen LogP contribution in [0.15, 0.2) is 54.7 Å². The predicted octanol–water partition coefficient (Wildman–Crippen LogP) is 5.83. The maximum Gasteiger partial charge on any atom is 0.408 e. The van der Waals surface area contributed by atoms with Crippen LogP contribution in [0.1, 0.15) is 93.4 Å². The van der Waals surface area contributed by atoms with E-state index in [1.165, 1.54) is 4.90 Å². The van der Waals surface area contributed by atoms with Gasteiger partial charge in [0.2, 0.25) is 27.7 Å². The Balaban J connectivity index is 1.25. The van der Waals surface area contributed by atoms with Crippen LogP contribution >= 0.6 is 0 Å². The van der Waals surface area contributed by atoms with Gasteiger partial charge in [-0.05, 0) is 127 Å². The third kappa shape index (κ3) is 10.7. The number of carbonyl (C=O) groups is 4. The number of rotatable bonds is 10. The number of sulfonamides is 1. The van der Waals surface area contributed by atoms with E-state index in [-0.39, 0.29) is 43.2 Å². The third-order valence-electron chi connectivity index (χ3n) is 11.9. The molecule has 7 atom stereocenters. The van der Waals surface area contributed by atoms with Crippen molar-refractivity contribution in [2.75, 3.05) is 13.7 Å². The Hall–Kier alpha value is -5.45. The number of alkyl carbamates (subject to hydrolysis) is 1. The lowest BCUT2D eigenvalue weighted by Gasteiger charge is -2.33. The predicted molar refractivity (Wildman–Crippen MR) is 235 cm³/mol. The molecule has 17 heteroatoms. The fraction of sp³-hybridized carbons (Fsp3) is 0.565. The molecule has 2 saturated carbocycles. The average Bonchev–Trinajstić information content (AvgIpc) is 4.14. The number of nitrogens with zero attached hydrogens (tertiary/aromatic N) is 3. The summed E-state index contributed by atoms with van der Waals surface area (Å²) in [5, 5.41) is 6.48. The Bertz CT molecular complexity index is 2360. The van der Waals surface area contributed by atoms with Crippen LogP contribution in [0.4, 0.5) is 4.79 Å². The maximum atomic E-state index is 15.0. The lowest BCUT2D eigenvalue weighted by molar-refractivity contribution is -0.142. The molecule has 3 aromatic rings. The number of nitrogens with one attached hydrogen (secondary N) is 3. The molecule has 3 N–H and O–H groups in total. The van der Waals surface area contributed by atoms with Gasteiger partial charge in [-0.3, -0.25) is 24.1 Å². The Morgan fingerprint density at radius 3 is 2.41 bits per heavy atom. The molecule has 4 aliphatic rings. The van der Waals surface area contributed by atoms with Gasteiger partial charge in [0.1, 0.15) is 40.8 Å². The molecule has 0 radical (unpaired) electrons. The third-order valence-corrected chi connectivity index (χ3v) is 13.8. The van der Waals surface area contributed by atoms with E-state index >= 15 is 4.79 Å². The van der Waals surface area contributed by atoms with Gasteiger partial charge in [0, 0.05) is 17.7 Å². The number of benzene rings is 1. The topological polar surface area (TPSA) is 204 Å². The largest absolute Gasteiger partial charge is 0.497 e. The smallest absolute Gasteiger partial charge is 0.408 e. The molecule has 2 aliphatic carbocycles. The van der Waals surface area contributed by atoms with Gasteiger partial charge in [0.25, 0.3) is 5.91 Å². The summed E-state index contributed by atoms with van der Waals surface area (Å²) < 4.78 is 51.9. The van der Waals surface area contributed by atoms with Crippen molar-refractivity contribution >= 4 is 44.6 Å². The van der Waals surface area contributed by atoms with Crippen molar-refractivity contribution in [3.63, 3.8) is 0 Å². The minimum Gasteiger partial charge on any atom is -0.497 e. The molecule has 4 heterocycles. The van der Waals surface area contributed by atoms with Crippen LogP contribution < -0.4 is 29.6 Å². The Labute approximate surface area is 369 Å². The zero-order chi connectivity index (χ0) is 45.4. The minimum absolute atomic E-state index is 0.0108. The molecule has 1 aromatic carbocycles. The first-order valence-corrected chi connectivity index (χ1v) is 23.4. The second kappa shape index (κ2) is 18.0. The highest BCUT2D eigenvalue weighted by Crippen LogP contribution is 2.46. The quantitative estimate of drug-likeness (QED) is 0.206. The summed E-state index contributed by atoms with van der Waals surface area (Å²) in [5.74, 6) is -1.26. The van der Waals surface area contributed by atoms with Crippen molar-refractivity contribution in [2.24, 2.45) is 17.8 Å². The normalized spacial score (nSPS) is 27.2. The van der Waals surface area contributed by atoms with Gasteiger partial charge in [-0.2, -0.15) is 0 Å². The van der Waals surface area contributed by atoms with Crippen molar-refractivity contribution in [1.82, 2.24) is 30.2 Å². The summed E-state index contributed by atoms with van der Waals surface area (Å²) in [6.45, 7) is 12.9. The molecule has 340 valence electrons. The molecule has 7 rings (SSSR count). The van der Waals surface area contributed by atoms with Crippen molar-refractivity contribution in [1.29, 1.82) is 0 Å². The molecular weight excluding hydrogens is 829 g/mol. The van der Waals surface area contributed by atoms with E-state index in [2.05, 4.69) is 27.3 Å². The molecule has 16 nitrogen and oxygen atoms in total. The molecule has 0 spiro atoms. The zero-order valence-electron chi connectivity index (χ0n) is 37.3. The van der Waals surface area contributed by atoms with Gasteiger partial charge in [0.05, 0.1) is 42.6 Å². The van der Waals surface area contributed by atoms with E-state index in [4.69, 9.17) is 23.9 Å². The first-order valence-electron chi connectivity index (χ1n) is 21.9. The van der Waals surface area contributed by atoms with Crippen LogP contribution in [0.3, 0.4) is 0 Å². The molecule has 0 unspecified atom stereocenters. The lowest BCUT2D eigenvalue weighted by Crippen LogP contribution is -2.59. The van der Waals surface area contributed by atoms with E-state index < -0.39 is 74.3 Å². The number of carbonyl (C=O) groups excluding carboxylic acids is 4. The first kappa shape index (κ1) is 45.6. The monoisotopic (exact) mass is 888 g/mol. The van der Waals surface area contributed by atoms with Gasteiger partial charge < -0.3 is 34.5 Å². The van der Waals surface area contributed by atoms with Crippen LogP contribution in [0.5, 0.6) is 17.4 Å². The number of hydrogen-bond acceptors (Lipinski definition) is 12. The van der Waals surface area contributed by atoms with Crippen LogP contribution in [0.2, 0.25) is 0 Å². The van der Waals surface area contributed by atoms with Gasteiger partial charge in [-0.15, -0.1) is 0 Å². The van der Waals surface area contributed by atoms with Crippen LogP contribution in [-0.2, 0) is 29.1 Å². The highest BCUT2D eigenvalue weighted by Gasteiger charge is 2.62. The molecule has 3 fully saturated rings. The highest BCUT2D eigenvalue weighted by atomic mass is 32.2. The first-order chi connectivity index (χ1) is 29.7. The summed E-state index contributed by atoms with van der Waals surface area (Å²) in [5.41, 5.74) is -1.35. The summed E-state index contributed by atoms with van der Waals surface area (Å²) in [7, 11) is -2.36. The van der Waals surface area contributed by atoms with E-state index in [0.29, 0.717) is 54.0 Å². The number of allylic oxidation sites excluding steroid dienone is 1. The Morgan fingerprint density at radius 2 is 1.75 bits per heavy atom. The number of ether oxygens (including phenoxy) is 4. The molecule has 1 saturated heterocycles. The van der Waals surface area contributed by atoms with Gasteiger partial charge in [0.15, 0.2) is 0 Å². The molecule has 2 aromatic heterocycles. The summed E-state index contributed by atoms with van der Waals surface area (Å²) in [6.07, 6.45) is 6.91. The summed E-state index contributed by atoms with van der Waals surface area (Å²) >= 11 is 0. The van der Waals surface area contributed by atoms with Crippen molar-refractivity contribution in [3.05, 3.63) is 54.7 Å². The SMILES string of the molecule is COc1ccc2c(O[C@@H]3C[C@H]4C(=O)N[C@]5(C(=O)NS(=O)(=O)C6CC6)C[C@H]5/C=C\CC[C@H](C)C[C@@H](C)[C@H](NC(=O)OC(C)(C)C)C(=O)N4C3)nc(-c3ccc(OC(C)C)cn3)cc2c1. The number of hydrogen-bond donors (Lipinski definition) is 3. The maximum absolute atomic E-state index is 15.0. The molecule has 2 aliphatic heterocycles. The molecule has 4 amide bonds. The standard InChI is InChI=1S/C46H60N6O10S/c1-26(2)60-32-14-18-36(47-24-32)37-21-29-20-31(59-8)13-17-35(29)41(48-37)61-33-22-38-40(53)50-46(43(55)51-63(57,58)34-15-16-34)23-30(46)12-10-9-11-27(3)19-28(4)39(42(54)52(38)25-33)49-44(56)62-45(5,6)7/h10,12-14,17-18,20-21,24,26-28,30,33-34,38-39H,9,11,15-16,19,22-23,25H2,1-8H3,(H,49,56)(H,50,53)(H,51,55)/b12-10-/t27-,28+,30+,33+,38-,39-,46+/m0/s1. The summed E-state index contributed by atoms with van der Waals surface area (Å²) in [4.78, 5) is 68.0. The number of methoxy groups -OCH3 is 1. The number of pyridine rings is 2. The highest BCUT2D eigenvalue weighted by molar-refractivity contribution is 7.91. The number of aromatic nitrogens is 2. The van der Waals surface area contributed by atoms with Crippen LogP contribution in [0.25, 0.3) is 22.2 Å². The van der Waals surface area contributed by atoms with Gasteiger partial charge in [-0.1, -0.05) is 26.0 Å². The molecule has 0 bridgehead atoms. The number of amides is 4.